The van der Waals surface area contributed by atoms with Crippen LogP contribution in [0.25, 0.3) is 0 Å². The first-order valence-corrected chi connectivity index (χ1v) is 7.02. The second-order valence-corrected chi connectivity index (χ2v) is 4.82. The number of urea groups is 1. The number of nitrogens with zero attached hydrogens (tertiary/aromatic N) is 1. The minimum absolute atomic E-state index is 0.248. The average Bonchev–Trinajstić information content (AvgIpc) is 3.02. The van der Waals surface area contributed by atoms with Crippen molar-refractivity contribution in [1.29, 1.82) is 0 Å². The van der Waals surface area contributed by atoms with Gasteiger partial charge in [-0.15, -0.1) is 0 Å². The van der Waals surface area contributed by atoms with E-state index in [1.165, 1.54) is 0 Å². The van der Waals surface area contributed by atoms with E-state index < -0.39 is 0 Å². The van der Waals surface area contributed by atoms with Crippen molar-refractivity contribution in [2.24, 2.45) is 0 Å². The minimum atomic E-state index is -0.248. The molecule has 0 saturated carbocycles. The zero-order valence-corrected chi connectivity index (χ0v) is 13.1. The number of ether oxygens (including phenoxy) is 2. The van der Waals surface area contributed by atoms with Crippen LogP contribution in [0.2, 0.25) is 0 Å². The van der Waals surface area contributed by atoms with Crippen LogP contribution in [-0.4, -0.2) is 31.4 Å². The Hall–Kier alpha value is -2.63. The number of carbonyl (C=O) groups excluding carboxylic acids is 1. The maximum atomic E-state index is 11.9. The molecule has 1 heterocycles. The Morgan fingerprint density at radius 2 is 1.77 bits per heavy atom. The lowest BCUT2D eigenvalue weighted by molar-refractivity contribution is 0.251. The van der Waals surface area contributed by atoms with Crippen LogP contribution in [0.3, 0.4) is 0 Å². The first-order chi connectivity index (χ1) is 10.6. The molecule has 2 N–H and O–H groups in total. The largest absolute Gasteiger partial charge is 0.493 e. The number of hydrogen-bond donors (Lipinski definition) is 2. The normalized spacial score (nSPS) is 10.1. The molecule has 2 rings (SSSR count). The molecule has 0 aliphatic rings. The van der Waals surface area contributed by atoms with Crippen LogP contribution in [-0.2, 0) is 6.54 Å². The molecule has 1 aromatic carbocycles. The van der Waals surface area contributed by atoms with E-state index >= 15 is 0 Å². The molecule has 2 aromatic rings. The first-order valence-electron chi connectivity index (χ1n) is 7.02. The molecule has 1 aromatic heterocycles. The molecule has 2 amide bonds. The number of aryl methyl sites for hydroxylation is 1. The molecule has 0 radical (unpaired) electrons. The summed E-state index contributed by atoms with van der Waals surface area (Å²) >= 11 is 0. The standard InChI is InChI=1S/C16H21N3O3/c1-12-10-14(21-2)15(22-3)11-13(12)18-16(20)17-6-9-19-7-4-5-8-19/h4-5,7-8,10-11H,6,9H2,1-3H3,(H2,17,18,20). The van der Waals surface area contributed by atoms with Crippen molar-refractivity contribution in [1.82, 2.24) is 9.88 Å². The number of aromatic nitrogens is 1. The minimum Gasteiger partial charge on any atom is -0.493 e. The lowest BCUT2D eigenvalue weighted by atomic mass is 10.1. The third-order valence-corrected chi connectivity index (χ3v) is 3.30. The molecule has 0 atom stereocenters. The molecule has 0 saturated heterocycles. The fourth-order valence-corrected chi connectivity index (χ4v) is 2.10. The SMILES string of the molecule is COc1cc(C)c(NC(=O)NCCn2cccc2)cc1OC. The summed E-state index contributed by atoms with van der Waals surface area (Å²) in [6.45, 7) is 3.18. The molecular weight excluding hydrogens is 282 g/mol. The molecule has 6 nitrogen and oxygen atoms in total. The van der Waals surface area contributed by atoms with E-state index in [9.17, 15) is 4.79 Å². The first kappa shape index (κ1) is 15.8. The van der Waals surface area contributed by atoms with Gasteiger partial charge >= 0.3 is 6.03 Å². The van der Waals surface area contributed by atoms with Gasteiger partial charge in [-0.05, 0) is 30.7 Å². The highest BCUT2D eigenvalue weighted by atomic mass is 16.5. The highest BCUT2D eigenvalue weighted by Gasteiger charge is 2.10. The van der Waals surface area contributed by atoms with Crippen LogP contribution < -0.4 is 20.1 Å². The summed E-state index contributed by atoms with van der Waals surface area (Å²) in [6, 6.07) is 7.23. The molecular formula is C16H21N3O3. The molecule has 22 heavy (non-hydrogen) atoms. The Balaban J connectivity index is 1.93. The van der Waals surface area contributed by atoms with Gasteiger partial charge in [-0.25, -0.2) is 4.79 Å². The summed E-state index contributed by atoms with van der Waals surface area (Å²) in [6.07, 6.45) is 3.91. The van der Waals surface area contributed by atoms with Crippen molar-refractivity contribution in [2.75, 3.05) is 26.1 Å². The van der Waals surface area contributed by atoms with Gasteiger partial charge in [0.05, 0.1) is 14.2 Å². The van der Waals surface area contributed by atoms with Crippen LogP contribution >= 0.6 is 0 Å². The molecule has 0 unspecified atom stereocenters. The Kier molecular flexibility index (Phi) is 5.30. The van der Waals surface area contributed by atoms with Gasteiger partial charge in [0.2, 0.25) is 0 Å². The second kappa shape index (κ2) is 7.40. The van der Waals surface area contributed by atoms with E-state index in [0.29, 0.717) is 23.7 Å². The van der Waals surface area contributed by atoms with Gasteiger partial charge in [0.25, 0.3) is 0 Å². The maximum Gasteiger partial charge on any atom is 0.319 e. The van der Waals surface area contributed by atoms with Crippen molar-refractivity contribution in [3.63, 3.8) is 0 Å². The Bertz CT molecular complexity index is 624. The molecule has 6 heteroatoms. The lowest BCUT2D eigenvalue weighted by Crippen LogP contribution is -2.31. The molecule has 0 spiro atoms. The predicted molar refractivity (Wildman–Crippen MR) is 85.7 cm³/mol. The number of rotatable bonds is 6. The molecule has 0 aliphatic heterocycles. The van der Waals surface area contributed by atoms with Gasteiger partial charge in [0.15, 0.2) is 11.5 Å². The maximum absolute atomic E-state index is 11.9. The van der Waals surface area contributed by atoms with E-state index in [1.54, 1.807) is 20.3 Å². The van der Waals surface area contributed by atoms with E-state index in [2.05, 4.69) is 10.6 Å². The quantitative estimate of drug-likeness (QED) is 0.862. The number of benzene rings is 1. The number of anilines is 1. The summed E-state index contributed by atoms with van der Waals surface area (Å²) in [5.74, 6) is 1.22. The van der Waals surface area contributed by atoms with Crippen LogP contribution in [0, 0.1) is 6.92 Å². The van der Waals surface area contributed by atoms with E-state index in [-0.39, 0.29) is 6.03 Å². The van der Waals surface area contributed by atoms with Crippen molar-refractivity contribution in [3.05, 3.63) is 42.2 Å². The number of carbonyl (C=O) groups is 1. The molecule has 0 aliphatic carbocycles. The zero-order valence-electron chi connectivity index (χ0n) is 13.1. The summed E-state index contributed by atoms with van der Waals surface area (Å²) in [5.41, 5.74) is 1.59. The lowest BCUT2D eigenvalue weighted by Gasteiger charge is -2.14. The van der Waals surface area contributed by atoms with E-state index in [4.69, 9.17) is 9.47 Å². The topological polar surface area (TPSA) is 64.5 Å². The van der Waals surface area contributed by atoms with Crippen LogP contribution in [0.5, 0.6) is 11.5 Å². The van der Waals surface area contributed by atoms with Gasteiger partial charge in [-0.2, -0.15) is 0 Å². The van der Waals surface area contributed by atoms with Gasteiger partial charge in [0, 0.05) is 37.2 Å². The van der Waals surface area contributed by atoms with Crippen LogP contribution in [0.15, 0.2) is 36.7 Å². The average molecular weight is 303 g/mol. The third kappa shape index (κ3) is 3.94. The summed E-state index contributed by atoms with van der Waals surface area (Å²) in [7, 11) is 3.15. The van der Waals surface area contributed by atoms with Crippen molar-refractivity contribution in [2.45, 2.75) is 13.5 Å². The Labute approximate surface area is 130 Å². The van der Waals surface area contributed by atoms with Gasteiger partial charge in [-0.3, -0.25) is 0 Å². The van der Waals surface area contributed by atoms with Crippen LogP contribution in [0.4, 0.5) is 10.5 Å². The van der Waals surface area contributed by atoms with E-state index in [1.807, 2.05) is 42.1 Å². The fourth-order valence-electron chi connectivity index (χ4n) is 2.10. The highest BCUT2D eigenvalue weighted by molar-refractivity contribution is 5.90. The smallest absolute Gasteiger partial charge is 0.319 e. The predicted octanol–water partition coefficient (Wildman–Crippen LogP) is 2.64. The summed E-state index contributed by atoms with van der Waals surface area (Å²) in [5, 5.41) is 5.64. The molecule has 118 valence electrons. The number of amides is 2. The Morgan fingerprint density at radius 3 is 2.41 bits per heavy atom. The van der Waals surface area contributed by atoms with Gasteiger partial charge < -0.3 is 24.7 Å². The van der Waals surface area contributed by atoms with E-state index in [0.717, 1.165) is 12.1 Å². The van der Waals surface area contributed by atoms with Crippen molar-refractivity contribution in [3.8, 4) is 11.5 Å². The number of hydrogen-bond acceptors (Lipinski definition) is 3. The van der Waals surface area contributed by atoms with Gasteiger partial charge in [0.1, 0.15) is 0 Å². The monoisotopic (exact) mass is 303 g/mol. The van der Waals surface area contributed by atoms with Crippen molar-refractivity contribution >= 4 is 11.7 Å². The molecule has 0 fully saturated rings. The van der Waals surface area contributed by atoms with Gasteiger partial charge in [-0.1, -0.05) is 0 Å². The second-order valence-electron chi connectivity index (χ2n) is 4.82. The summed E-state index contributed by atoms with van der Waals surface area (Å²) in [4.78, 5) is 11.9. The zero-order chi connectivity index (χ0) is 15.9. The van der Waals surface area contributed by atoms with Crippen LogP contribution in [0.1, 0.15) is 5.56 Å². The number of methoxy groups -OCH3 is 2. The molecule has 0 bridgehead atoms. The summed E-state index contributed by atoms with van der Waals surface area (Å²) < 4.78 is 12.5. The third-order valence-electron chi connectivity index (χ3n) is 3.30. The Morgan fingerprint density at radius 1 is 1.14 bits per heavy atom. The van der Waals surface area contributed by atoms with Crippen molar-refractivity contribution < 1.29 is 14.3 Å². The fraction of sp³-hybridized carbons (Fsp3) is 0.312. The highest BCUT2D eigenvalue weighted by Crippen LogP contribution is 2.32. The number of nitrogens with one attached hydrogen (secondary N) is 2.